The van der Waals surface area contributed by atoms with E-state index >= 15 is 0 Å². The van der Waals surface area contributed by atoms with Crippen LogP contribution < -0.4 is 15.7 Å². The van der Waals surface area contributed by atoms with Gasteiger partial charge in [0.15, 0.2) is 5.78 Å². The van der Waals surface area contributed by atoms with Gasteiger partial charge in [-0.2, -0.15) is 0 Å². The molecule has 7 nitrogen and oxygen atoms in total. The molecule has 1 amide bonds. The Bertz CT molecular complexity index is 773. The maximum atomic E-state index is 12.8. The van der Waals surface area contributed by atoms with Gasteiger partial charge in [-0.25, -0.2) is 4.79 Å². The molecule has 1 aliphatic heterocycles. The Kier molecular flexibility index (Phi) is 6.63. The van der Waals surface area contributed by atoms with Gasteiger partial charge in [0.2, 0.25) is 5.91 Å². The molecule has 0 unspecified atom stereocenters. The summed E-state index contributed by atoms with van der Waals surface area (Å²) >= 11 is 1.28. The molecule has 1 aromatic heterocycles. The maximum Gasteiger partial charge on any atom is 0.339 e. The average molecular weight is 380 g/mol. The number of carbonyl (C=O) groups is 2. The van der Waals surface area contributed by atoms with Gasteiger partial charge >= 0.3 is 5.63 Å². The van der Waals surface area contributed by atoms with Crippen molar-refractivity contribution in [3.63, 3.8) is 0 Å². The molecule has 0 aromatic carbocycles. The molecule has 1 N–H and O–H groups in total. The minimum absolute atomic E-state index is 0.146. The normalized spacial score (nSPS) is 20.4. The molecule has 0 spiro atoms. The van der Waals surface area contributed by atoms with E-state index in [1.54, 1.807) is 13.0 Å². The molecule has 0 bridgehead atoms. The molecule has 1 aliphatic rings. The van der Waals surface area contributed by atoms with Gasteiger partial charge in [-0.05, 0) is 20.3 Å². The zero-order valence-corrected chi connectivity index (χ0v) is 16.3. The van der Waals surface area contributed by atoms with Crippen molar-refractivity contribution < 1.29 is 18.7 Å². The summed E-state index contributed by atoms with van der Waals surface area (Å²) in [5, 5.41) is 3.27. The number of nitrogens with one attached hydrogen (secondary N) is 1. The Morgan fingerprint density at radius 2 is 2.15 bits per heavy atom. The van der Waals surface area contributed by atoms with Crippen LogP contribution in [0.25, 0.3) is 0 Å². The number of carbonyl (C=O) groups excluding carboxylic acids is 2. The number of nitrogens with zero attached hydrogens (tertiary/aromatic N) is 1. The van der Waals surface area contributed by atoms with Crippen molar-refractivity contribution in [2.24, 2.45) is 4.99 Å². The van der Waals surface area contributed by atoms with Gasteiger partial charge in [0.1, 0.15) is 22.1 Å². The minimum Gasteiger partial charge on any atom is -0.493 e. The monoisotopic (exact) mass is 380 g/mol. The molecular formula is C18H24N2O5S. The highest BCUT2D eigenvalue weighted by Gasteiger charge is 2.40. The summed E-state index contributed by atoms with van der Waals surface area (Å²) in [6.45, 7) is 7.35. The Morgan fingerprint density at radius 3 is 2.73 bits per heavy atom. The number of Topliss-reactive ketones (excluding diaryl/α,β-unsaturated/α-hetero) is 1. The summed E-state index contributed by atoms with van der Waals surface area (Å²) in [7, 11) is 0. The van der Waals surface area contributed by atoms with Gasteiger partial charge < -0.3 is 14.5 Å². The van der Waals surface area contributed by atoms with Crippen molar-refractivity contribution in [2.75, 3.05) is 12.4 Å². The first-order valence-corrected chi connectivity index (χ1v) is 9.60. The van der Waals surface area contributed by atoms with Gasteiger partial charge in [0.25, 0.3) is 0 Å². The van der Waals surface area contributed by atoms with E-state index in [4.69, 9.17) is 9.15 Å². The number of hydrogen-bond acceptors (Lipinski definition) is 7. The fourth-order valence-corrected chi connectivity index (χ4v) is 3.66. The highest BCUT2D eigenvalue weighted by Crippen LogP contribution is 2.30. The van der Waals surface area contributed by atoms with Crippen molar-refractivity contribution in [1.82, 2.24) is 5.32 Å². The highest BCUT2D eigenvalue weighted by molar-refractivity contribution is 8.16. The first-order chi connectivity index (χ1) is 12.3. The quantitative estimate of drug-likeness (QED) is 0.744. The van der Waals surface area contributed by atoms with Gasteiger partial charge in [0, 0.05) is 18.7 Å². The fraction of sp³-hybridized carbons (Fsp3) is 0.556. The average Bonchev–Trinajstić information content (AvgIpc) is 2.98. The van der Waals surface area contributed by atoms with Gasteiger partial charge in [-0.3, -0.25) is 14.6 Å². The predicted octanol–water partition coefficient (Wildman–Crippen LogP) is 2.49. The van der Waals surface area contributed by atoms with Gasteiger partial charge in [0.05, 0.1) is 18.7 Å². The zero-order chi connectivity index (χ0) is 19.3. The lowest BCUT2D eigenvalue weighted by Gasteiger charge is -2.24. The number of ketones is 1. The first-order valence-electron chi connectivity index (χ1n) is 8.61. The molecule has 0 saturated carbocycles. The van der Waals surface area contributed by atoms with Crippen molar-refractivity contribution >= 4 is 28.5 Å². The summed E-state index contributed by atoms with van der Waals surface area (Å²) in [6, 6.07) is 2.43. The van der Waals surface area contributed by atoms with E-state index in [1.165, 1.54) is 24.8 Å². The summed E-state index contributed by atoms with van der Waals surface area (Å²) < 4.78 is 10.7. The highest BCUT2D eigenvalue weighted by atomic mass is 32.2. The largest absolute Gasteiger partial charge is 0.493 e. The third kappa shape index (κ3) is 4.75. The molecule has 2 heterocycles. The van der Waals surface area contributed by atoms with E-state index in [2.05, 4.69) is 10.3 Å². The smallest absolute Gasteiger partial charge is 0.339 e. The second-order valence-corrected chi connectivity index (χ2v) is 7.26. The standard InChI is InChI=1S/C18H24N2O5S/c1-5-7-13(14-8-12(24-6-2)9-15(22)25-14)19-17(23)18(4)10-26-16(20-18)11(3)21/h8-9,13H,5-7,10H2,1-4H3,(H,19,23)/t13-,18+/m1/s1. The molecule has 142 valence electrons. The van der Waals surface area contributed by atoms with Crippen LogP contribution in [0.4, 0.5) is 0 Å². The minimum atomic E-state index is -1.02. The van der Waals surface area contributed by atoms with Crippen LogP contribution in [0.2, 0.25) is 0 Å². The van der Waals surface area contributed by atoms with Crippen LogP contribution in [0.1, 0.15) is 52.3 Å². The molecule has 0 saturated heterocycles. The summed E-state index contributed by atoms with van der Waals surface area (Å²) in [5.41, 5.74) is -1.55. The van der Waals surface area contributed by atoms with E-state index < -0.39 is 17.2 Å². The Morgan fingerprint density at radius 1 is 1.42 bits per heavy atom. The SMILES string of the molecule is CCC[C@@H](NC(=O)[C@]1(C)CSC(C(C)=O)=N1)c1cc(OCC)cc(=O)o1. The van der Waals surface area contributed by atoms with Crippen LogP contribution in [0, 0.1) is 0 Å². The number of amides is 1. The summed E-state index contributed by atoms with van der Waals surface area (Å²) in [5.74, 6) is 0.709. The summed E-state index contributed by atoms with van der Waals surface area (Å²) in [4.78, 5) is 40.4. The predicted molar refractivity (Wildman–Crippen MR) is 101 cm³/mol. The second-order valence-electron chi connectivity index (χ2n) is 6.30. The van der Waals surface area contributed by atoms with Crippen LogP contribution in [-0.4, -0.2) is 34.6 Å². The molecule has 8 heteroatoms. The van der Waals surface area contributed by atoms with Crippen molar-refractivity contribution in [3.8, 4) is 5.75 Å². The van der Waals surface area contributed by atoms with Crippen LogP contribution in [0.15, 0.2) is 26.3 Å². The van der Waals surface area contributed by atoms with Crippen LogP contribution in [0.3, 0.4) is 0 Å². The Labute approximate surface area is 156 Å². The van der Waals surface area contributed by atoms with Crippen LogP contribution >= 0.6 is 11.8 Å². The van der Waals surface area contributed by atoms with Crippen LogP contribution in [0.5, 0.6) is 5.75 Å². The topological polar surface area (TPSA) is 98.0 Å². The molecule has 0 aliphatic carbocycles. The number of rotatable bonds is 8. The van der Waals surface area contributed by atoms with Crippen molar-refractivity contribution in [1.29, 1.82) is 0 Å². The first kappa shape index (κ1) is 20.2. The van der Waals surface area contributed by atoms with Crippen molar-refractivity contribution in [2.45, 2.75) is 52.1 Å². The Hall–Kier alpha value is -2.09. The number of ether oxygens (including phenoxy) is 1. The fourth-order valence-electron chi connectivity index (χ4n) is 2.58. The molecule has 0 fully saturated rings. The van der Waals surface area contributed by atoms with E-state index in [-0.39, 0.29) is 11.7 Å². The lowest BCUT2D eigenvalue weighted by molar-refractivity contribution is -0.125. The number of aliphatic imine (C=N–C) groups is 1. The van der Waals surface area contributed by atoms with Crippen molar-refractivity contribution in [3.05, 3.63) is 28.3 Å². The Balaban J connectivity index is 2.25. The van der Waals surface area contributed by atoms with E-state index in [9.17, 15) is 14.4 Å². The third-order valence-corrected chi connectivity index (χ3v) is 5.29. The molecule has 2 atom stereocenters. The molecular weight excluding hydrogens is 356 g/mol. The zero-order valence-electron chi connectivity index (χ0n) is 15.5. The van der Waals surface area contributed by atoms with E-state index in [0.717, 1.165) is 6.42 Å². The van der Waals surface area contributed by atoms with Crippen LogP contribution in [-0.2, 0) is 9.59 Å². The molecule has 26 heavy (non-hydrogen) atoms. The molecule has 1 aromatic rings. The molecule has 0 radical (unpaired) electrons. The van der Waals surface area contributed by atoms with Gasteiger partial charge in [-0.1, -0.05) is 13.3 Å². The third-order valence-electron chi connectivity index (χ3n) is 3.93. The second kappa shape index (κ2) is 8.53. The lowest BCUT2D eigenvalue weighted by Crippen LogP contribution is -2.45. The van der Waals surface area contributed by atoms with E-state index in [1.807, 2.05) is 13.8 Å². The molecule has 2 rings (SSSR count). The summed E-state index contributed by atoms with van der Waals surface area (Å²) in [6.07, 6.45) is 1.37. The lowest BCUT2D eigenvalue weighted by atomic mass is 10.0. The number of hydrogen-bond donors (Lipinski definition) is 1. The van der Waals surface area contributed by atoms with E-state index in [0.29, 0.717) is 35.3 Å². The number of thioether (sulfide) groups is 1. The maximum absolute atomic E-state index is 12.8. The van der Waals surface area contributed by atoms with Gasteiger partial charge in [-0.15, -0.1) is 11.8 Å².